The summed E-state index contributed by atoms with van der Waals surface area (Å²) >= 11 is 0. The van der Waals surface area contributed by atoms with Crippen molar-refractivity contribution in [1.82, 2.24) is 14.7 Å². The van der Waals surface area contributed by atoms with Crippen LogP contribution in [0, 0.1) is 5.41 Å². The van der Waals surface area contributed by atoms with Gasteiger partial charge in [0.2, 0.25) is 5.91 Å². The van der Waals surface area contributed by atoms with Crippen molar-refractivity contribution in [3.05, 3.63) is 48.3 Å². The molecule has 0 N–H and O–H groups in total. The molecule has 0 radical (unpaired) electrons. The van der Waals surface area contributed by atoms with Crippen LogP contribution in [0.1, 0.15) is 24.8 Å². The maximum atomic E-state index is 12.6. The van der Waals surface area contributed by atoms with Gasteiger partial charge in [-0.3, -0.25) is 4.79 Å². The van der Waals surface area contributed by atoms with Gasteiger partial charge < -0.3 is 9.64 Å². The summed E-state index contributed by atoms with van der Waals surface area (Å²) < 4.78 is 7.47. The van der Waals surface area contributed by atoms with Crippen molar-refractivity contribution in [2.24, 2.45) is 5.41 Å². The molecule has 2 aliphatic heterocycles. The fourth-order valence-corrected chi connectivity index (χ4v) is 3.85. The first kappa shape index (κ1) is 15.4. The second-order valence-electron chi connectivity index (χ2n) is 7.02. The first-order valence-electron chi connectivity index (χ1n) is 8.69. The maximum absolute atomic E-state index is 12.6. The lowest BCUT2D eigenvalue weighted by Gasteiger charge is -2.33. The third-order valence-electron chi connectivity index (χ3n) is 5.26. The van der Waals surface area contributed by atoms with E-state index < -0.39 is 0 Å². The smallest absolute Gasteiger partial charge is 0.227 e. The first-order valence-corrected chi connectivity index (χ1v) is 8.69. The normalized spacial score (nSPS) is 23.8. The highest BCUT2D eigenvalue weighted by molar-refractivity contribution is 5.79. The van der Waals surface area contributed by atoms with Gasteiger partial charge in [-0.1, -0.05) is 12.1 Å². The molecule has 1 unspecified atom stereocenters. The van der Waals surface area contributed by atoms with Crippen LogP contribution in [0.4, 0.5) is 0 Å². The van der Waals surface area contributed by atoms with Crippen molar-refractivity contribution in [3.63, 3.8) is 0 Å². The van der Waals surface area contributed by atoms with E-state index in [4.69, 9.17) is 4.74 Å². The van der Waals surface area contributed by atoms with Crippen molar-refractivity contribution in [3.8, 4) is 5.69 Å². The minimum Gasteiger partial charge on any atom is -0.381 e. The third kappa shape index (κ3) is 3.08. The summed E-state index contributed by atoms with van der Waals surface area (Å²) in [5, 5.41) is 4.22. The predicted octanol–water partition coefficient (Wildman–Crippen LogP) is 2.44. The van der Waals surface area contributed by atoms with Gasteiger partial charge in [0, 0.05) is 37.5 Å². The highest BCUT2D eigenvalue weighted by Gasteiger charge is 2.41. The average Bonchev–Trinajstić information content (AvgIpc) is 3.27. The third-order valence-corrected chi connectivity index (χ3v) is 5.26. The number of likely N-dealkylation sites (tertiary alicyclic amines) is 1. The Balaban J connectivity index is 1.38. The Morgan fingerprint density at radius 1 is 1.25 bits per heavy atom. The predicted molar refractivity (Wildman–Crippen MR) is 91.0 cm³/mol. The van der Waals surface area contributed by atoms with Crippen LogP contribution in [-0.2, 0) is 16.0 Å². The fourth-order valence-electron chi connectivity index (χ4n) is 3.85. The Labute approximate surface area is 142 Å². The van der Waals surface area contributed by atoms with E-state index in [0.717, 1.165) is 50.4 Å². The minimum absolute atomic E-state index is 0.220. The molecule has 1 amide bonds. The van der Waals surface area contributed by atoms with Crippen LogP contribution in [0.5, 0.6) is 0 Å². The van der Waals surface area contributed by atoms with Gasteiger partial charge in [0.15, 0.2) is 0 Å². The monoisotopic (exact) mass is 325 g/mol. The Morgan fingerprint density at radius 2 is 2.12 bits per heavy atom. The number of amides is 1. The van der Waals surface area contributed by atoms with E-state index in [1.165, 1.54) is 6.42 Å². The Hall–Kier alpha value is -2.14. The van der Waals surface area contributed by atoms with E-state index >= 15 is 0 Å². The Morgan fingerprint density at radius 3 is 2.83 bits per heavy atom. The van der Waals surface area contributed by atoms with Crippen LogP contribution in [0.3, 0.4) is 0 Å². The van der Waals surface area contributed by atoms with E-state index in [9.17, 15) is 4.79 Å². The van der Waals surface area contributed by atoms with Gasteiger partial charge in [0.25, 0.3) is 0 Å². The maximum Gasteiger partial charge on any atom is 0.227 e. The van der Waals surface area contributed by atoms with Gasteiger partial charge in [-0.05, 0) is 43.0 Å². The molecule has 2 fully saturated rings. The van der Waals surface area contributed by atoms with Gasteiger partial charge in [0.1, 0.15) is 0 Å². The van der Waals surface area contributed by atoms with Crippen LogP contribution in [0.2, 0.25) is 0 Å². The van der Waals surface area contributed by atoms with Crippen molar-refractivity contribution >= 4 is 5.91 Å². The summed E-state index contributed by atoms with van der Waals surface area (Å²) in [6.45, 7) is 3.42. The molecule has 5 nitrogen and oxygen atoms in total. The lowest BCUT2D eigenvalue weighted by molar-refractivity contribution is -0.130. The Kier molecular flexibility index (Phi) is 4.10. The molecule has 0 aliphatic carbocycles. The molecule has 1 aromatic carbocycles. The number of rotatable bonds is 3. The van der Waals surface area contributed by atoms with E-state index in [1.807, 2.05) is 46.1 Å². The summed E-state index contributed by atoms with van der Waals surface area (Å²) in [6, 6.07) is 9.96. The molecule has 2 aliphatic rings. The number of carbonyl (C=O) groups is 1. The molecular formula is C19H23N3O2. The van der Waals surface area contributed by atoms with Crippen LogP contribution in [0.15, 0.2) is 42.7 Å². The van der Waals surface area contributed by atoms with E-state index in [-0.39, 0.29) is 11.3 Å². The summed E-state index contributed by atoms with van der Waals surface area (Å²) in [4.78, 5) is 14.6. The molecule has 1 atom stereocenters. The molecule has 24 heavy (non-hydrogen) atoms. The number of carbonyl (C=O) groups excluding carboxylic acids is 1. The molecule has 4 rings (SSSR count). The number of benzene rings is 1. The molecule has 2 aromatic rings. The molecular weight excluding hydrogens is 302 g/mol. The molecule has 0 bridgehead atoms. The quantitative estimate of drug-likeness (QED) is 0.871. The topological polar surface area (TPSA) is 47.4 Å². The lowest BCUT2D eigenvalue weighted by atomic mass is 9.82. The van der Waals surface area contributed by atoms with Crippen molar-refractivity contribution in [2.45, 2.75) is 25.7 Å². The second kappa shape index (κ2) is 6.40. The zero-order valence-corrected chi connectivity index (χ0v) is 13.9. The number of nitrogens with zero attached hydrogens (tertiary/aromatic N) is 3. The average molecular weight is 325 g/mol. The summed E-state index contributed by atoms with van der Waals surface area (Å²) in [5.74, 6) is 0.226. The van der Waals surface area contributed by atoms with Gasteiger partial charge in [-0.2, -0.15) is 5.10 Å². The van der Waals surface area contributed by atoms with Gasteiger partial charge in [-0.15, -0.1) is 0 Å². The highest BCUT2D eigenvalue weighted by atomic mass is 16.5. The standard InChI is InChI=1S/C19H23N3O2/c23-18(21-11-8-19(14-21)7-1-12-24-15-19)13-16-3-5-17(6-4-16)22-10-2-9-20-22/h2-6,9-10H,1,7-8,11-15H2. The summed E-state index contributed by atoms with van der Waals surface area (Å²) in [7, 11) is 0. The SMILES string of the molecule is O=C(Cc1ccc(-n2cccn2)cc1)N1CCC2(CCCOC2)C1. The van der Waals surface area contributed by atoms with Crippen molar-refractivity contribution in [2.75, 3.05) is 26.3 Å². The lowest BCUT2D eigenvalue weighted by Crippen LogP contribution is -2.37. The number of aromatic nitrogens is 2. The number of hydrogen-bond acceptors (Lipinski definition) is 3. The molecule has 126 valence electrons. The van der Waals surface area contributed by atoms with Crippen molar-refractivity contribution in [1.29, 1.82) is 0 Å². The van der Waals surface area contributed by atoms with Gasteiger partial charge in [0.05, 0.1) is 18.7 Å². The zero-order chi connectivity index (χ0) is 16.4. The van der Waals surface area contributed by atoms with Crippen molar-refractivity contribution < 1.29 is 9.53 Å². The van der Waals surface area contributed by atoms with E-state index in [1.54, 1.807) is 6.20 Å². The largest absolute Gasteiger partial charge is 0.381 e. The molecule has 5 heteroatoms. The van der Waals surface area contributed by atoms with E-state index in [0.29, 0.717) is 6.42 Å². The Bertz CT molecular complexity index is 688. The minimum atomic E-state index is 0.220. The summed E-state index contributed by atoms with van der Waals surface area (Å²) in [6.07, 6.45) is 7.53. The highest BCUT2D eigenvalue weighted by Crippen LogP contribution is 2.38. The molecule has 0 saturated carbocycles. The molecule has 1 aromatic heterocycles. The van der Waals surface area contributed by atoms with E-state index in [2.05, 4.69) is 5.10 Å². The molecule has 2 saturated heterocycles. The zero-order valence-electron chi connectivity index (χ0n) is 13.9. The second-order valence-corrected chi connectivity index (χ2v) is 7.02. The molecule has 3 heterocycles. The van der Waals surface area contributed by atoms with Crippen LogP contribution in [0.25, 0.3) is 5.69 Å². The number of hydrogen-bond donors (Lipinski definition) is 0. The van der Waals surface area contributed by atoms with Gasteiger partial charge in [-0.25, -0.2) is 4.68 Å². The summed E-state index contributed by atoms with van der Waals surface area (Å²) in [5.41, 5.74) is 2.28. The molecule has 1 spiro atoms. The van der Waals surface area contributed by atoms with Gasteiger partial charge >= 0.3 is 0 Å². The fraction of sp³-hybridized carbons (Fsp3) is 0.474. The first-order chi connectivity index (χ1) is 11.7. The van der Waals surface area contributed by atoms with Crippen LogP contribution in [-0.4, -0.2) is 46.9 Å². The van der Waals surface area contributed by atoms with Crippen LogP contribution >= 0.6 is 0 Å². The van der Waals surface area contributed by atoms with Crippen LogP contribution < -0.4 is 0 Å². The number of ether oxygens (including phenoxy) is 1.